The van der Waals surface area contributed by atoms with Crippen molar-refractivity contribution in [2.24, 2.45) is 11.8 Å². The summed E-state index contributed by atoms with van der Waals surface area (Å²) in [7, 11) is 3.31. The van der Waals surface area contributed by atoms with Gasteiger partial charge in [-0.15, -0.1) is 0 Å². The van der Waals surface area contributed by atoms with Gasteiger partial charge in [0.05, 0.1) is 27.4 Å². The maximum absolute atomic E-state index is 11.4. The summed E-state index contributed by atoms with van der Waals surface area (Å²) in [5, 5.41) is 0. The average molecular weight is 487 g/mol. The molecule has 35 heavy (non-hydrogen) atoms. The van der Waals surface area contributed by atoms with Gasteiger partial charge in [0.2, 0.25) is 0 Å². The van der Waals surface area contributed by atoms with Crippen LogP contribution in [-0.4, -0.2) is 52.6 Å². The summed E-state index contributed by atoms with van der Waals surface area (Å²) in [4.78, 5) is 22.7. The molecule has 0 amide bonds. The summed E-state index contributed by atoms with van der Waals surface area (Å²) < 4.78 is 27.5. The predicted octanol–water partition coefficient (Wildman–Crippen LogP) is 4.64. The molecule has 0 fully saturated rings. The van der Waals surface area contributed by atoms with E-state index in [1.54, 1.807) is 14.2 Å². The van der Waals surface area contributed by atoms with Gasteiger partial charge in [0, 0.05) is 27.1 Å². The molecule has 2 atom stereocenters. The van der Waals surface area contributed by atoms with Crippen LogP contribution in [-0.2, 0) is 36.6 Å². The fourth-order valence-corrected chi connectivity index (χ4v) is 3.93. The zero-order valence-corrected chi connectivity index (χ0v) is 21.3. The van der Waals surface area contributed by atoms with Gasteiger partial charge in [-0.2, -0.15) is 0 Å². The highest BCUT2D eigenvalue weighted by molar-refractivity contribution is 5.66. The SMILES string of the molecule is COc1ccccc1CC(CCOCCC(COC(C)=O)Cc1ccccc1OC)COC(C)=O. The van der Waals surface area contributed by atoms with Gasteiger partial charge in [-0.1, -0.05) is 36.4 Å². The quantitative estimate of drug-likeness (QED) is 0.252. The number of hydrogen-bond acceptors (Lipinski definition) is 7. The lowest BCUT2D eigenvalue weighted by molar-refractivity contribution is -0.143. The molecule has 192 valence electrons. The lowest BCUT2D eigenvalue weighted by atomic mass is 9.96. The van der Waals surface area contributed by atoms with Crippen LogP contribution in [0.3, 0.4) is 0 Å². The molecule has 0 saturated heterocycles. The average Bonchev–Trinajstić information content (AvgIpc) is 2.85. The van der Waals surface area contributed by atoms with Crippen molar-refractivity contribution < 1.29 is 33.3 Å². The number of para-hydroxylation sites is 2. The first-order chi connectivity index (χ1) is 16.9. The van der Waals surface area contributed by atoms with Crippen LogP contribution in [0.2, 0.25) is 0 Å². The minimum absolute atomic E-state index is 0.112. The van der Waals surface area contributed by atoms with Crippen LogP contribution in [0, 0.1) is 11.8 Å². The van der Waals surface area contributed by atoms with Crippen molar-refractivity contribution in [1.29, 1.82) is 0 Å². The second-order valence-electron chi connectivity index (χ2n) is 8.56. The standard InChI is InChI=1S/C28H38O7/c1-21(29)34-19-23(17-25-9-5-7-11-27(25)31-3)13-15-33-16-14-24(20-35-22(2)30)18-26-10-6-8-12-28(26)32-4/h5-12,23-24H,13-20H2,1-4H3. The van der Waals surface area contributed by atoms with Crippen LogP contribution >= 0.6 is 0 Å². The highest BCUT2D eigenvalue weighted by Crippen LogP contribution is 2.24. The van der Waals surface area contributed by atoms with E-state index >= 15 is 0 Å². The highest BCUT2D eigenvalue weighted by Gasteiger charge is 2.17. The number of benzene rings is 2. The van der Waals surface area contributed by atoms with Crippen molar-refractivity contribution in [2.45, 2.75) is 39.5 Å². The van der Waals surface area contributed by atoms with Crippen molar-refractivity contribution >= 4 is 11.9 Å². The molecule has 2 rings (SSSR count). The summed E-state index contributed by atoms with van der Waals surface area (Å²) in [5.41, 5.74) is 2.15. The Bertz CT molecular complexity index is 838. The Balaban J connectivity index is 1.88. The van der Waals surface area contributed by atoms with Crippen molar-refractivity contribution in [3.05, 3.63) is 59.7 Å². The molecule has 0 heterocycles. The number of carbonyl (C=O) groups is 2. The molecule has 0 N–H and O–H groups in total. The van der Waals surface area contributed by atoms with Crippen LogP contribution in [0.4, 0.5) is 0 Å². The van der Waals surface area contributed by atoms with Crippen molar-refractivity contribution in [1.82, 2.24) is 0 Å². The molecule has 0 aromatic heterocycles. The number of hydrogen-bond donors (Lipinski definition) is 0. The van der Waals surface area contributed by atoms with Gasteiger partial charge >= 0.3 is 11.9 Å². The molecule has 0 saturated carbocycles. The number of rotatable bonds is 16. The van der Waals surface area contributed by atoms with Crippen LogP contribution in [0.5, 0.6) is 11.5 Å². The van der Waals surface area contributed by atoms with E-state index in [0.717, 1.165) is 48.3 Å². The summed E-state index contributed by atoms with van der Waals surface area (Å²) in [6.45, 7) is 4.58. The van der Waals surface area contributed by atoms with E-state index in [4.69, 9.17) is 23.7 Å². The first-order valence-corrected chi connectivity index (χ1v) is 12.0. The van der Waals surface area contributed by atoms with Crippen LogP contribution in [0.15, 0.2) is 48.5 Å². The van der Waals surface area contributed by atoms with Crippen molar-refractivity contribution in [3.8, 4) is 11.5 Å². The molecule has 0 aliphatic carbocycles. The lowest BCUT2D eigenvalue weighted by Gasteiger charge is -2.20. The first-order valence-electron chi connectivity index (χ1n) is 12.0. The van der Waals surface area contributed by atoms with Gasteiger partial charge in [0.1, 0.15) is 11.5 Å². The normalized spacial score (nSPS) is 12.5. The largest absolute Gasteiger partial charge is 0.496 e. The summed E-state index contributed by atoms with van der Waals surface area (Å²) in [6, 6.07) is 15.7. The molecular weight excluding hydrogens is 448 g/mol. The maximum atomic E-state index is 11.4. The minimum Gasteiger partial charge on any atom is -0.496 e. The molecule has 2 aromatic carbocycles. The Morgan fingerprint density at radius 3 is 1.46 bits per heavy atom. The van der Waals surface area contributed by atoms with E-state index in [1.807, 2.05) is 48.5 Å². The van der Waals surface area contributed by atoms with Crippen LogP contribution < -0.4 is 9.47 Å². The van der Waals surface area contributed by atoms with Gasteiger partial charge < -0.3 is 23.7 Å². The van der Waals surface area contributed by atoms with E-state index in [9.17, 15) is 9.59 Å². The monoisotopic (exact) mass is 486 g/mol. The van der Waals surface area contributed by atoms with E-state index < -0.39 is 0 Å². The number of ether oxygens (including phenoxy) is 5. The molecular formula is C28H38O7. The Hall–Kier alpha value is -3.06. The first kappa shape index (κ1) is 28.2. The topological polar surface area (TPSA) is 80.3 Å². The summed E-state index contributed by atoms with van der Waals surface area (Å²) >= 11 is 0. The fourth-order valence-electron chi connectivity index (χ4n) is 3.93. The van der Waals surface area contributed by atoms with Gasteiger partial charge in [-0.3, -0.25) is 9.59 Å². The molecule has 0 bridgehead atoms. The zero-order chi connectivity index (χ0) is 25.5. The molecule has 2 aromatic rings. The number of carbonyl (C=O) groups excluding carboxylic acids is 2. The Morgan fingerprint density at radius 1 is 0.686 bits per heavy atom. The second kappa shape index (κ2) is 15.8. The van der Waals surface area contributed by atoms with Gasteiger partial charge in [0.15, 0.2) is 0 Å². The van der Waals surface area contributed by atoms with E-state index in [1.165, 1.54) is 13.8 Å². The lowest BCUT2D eigenvalue weighted by Crippen LogP contribution is -2.19. The number of methoxy groups -OCH3 is 2. The summed E-state index contributed by atoms with van der Waals surface area (Å²) in [5.74, 6) is 1.29. The third-order valence-corrected chi connectivity index (χ3v) is 5.79. The van der Waals surface area contributed by atoms with E-state index in [2.05, 4.69) is 0 Å². The number of esters is 2. The van der Waals surface area contributed by atoms with Gasteiger partial charge in [-0.05, 0) is 60.8 Å². The van der Waals surface area contributed by atoms with Crippen LogP contribution in [0.1, 0.15) is 37.8 Å². The molecule has 0 aliphatic heterocycles. The molecule has 0 spiro atoms. The second-order valence-corrected chi connectivity index (χ2v) is 8.56. The Morgan fingerprint density at radius 2 is 1.09 bits per heavy atom. The third-order valence-electron chi connectivity index (χ3n) is 5.79. The zero-order valence-electron chi connectivity index (χ0n) is 21.3. The fraction of sp³-hybridized carbons (Fsp3) is 0.500. The maximum Gasteiger partial charge on any atom is 0.302 e. The summed E-state index contributed by atoms with van der Waals surface area (Å²) in [6.07, 6.45) is 2.94. The smallest absolute Gasteiger partial charge is 0.302 e. The Labute approximate surface area is 208 Å². The molecule has 7 nitrogen and oxygen atoms in total. The molecule has 7 heteroatoms. The van der Waals surface area contributed by atoms with Crippen LogP contribution in [0.25, 0.3) is 0 Å². The van der Waals surface area contributed by atoms with Gasteiger partial charge in [-0.25, -0.2) is 0 Å². The predicted molar refractivity (Wildman–Crippen MR) is 134 cm³/mol. The van der Waals surface area contributed by atoms with E-state index in [0.29, 0.717) is 26.4 Å². The molecule has 2 unspecified atom stereocenters. The Kier molecular flexibility index (Phi) is 12.7. The highest BCUT2D eigenvalue weighted by atomic mass is 16.5. The molecule has 0 radical (unpaired) electrons. The van der Waals surface area contributed by atoms with Gasteiger partial charge in [0.25, 0.3) is 0 Å². The minimum atomic E-state index is -0.291. The van der Waals surface area contributed by atoms with Crippen molar-refractivity contribution in [3.63, 3.8) is 0 Å². The van der Waals surface area contributed by atoms with Crippen molar-refractivity contribution in [2.75, 3.05) is 40.6 Å². The van der Waals surface area contributed by atoms with E-state index in [-0.39, 0.29) is 23.8 Å². The molecule has 0 aliphatic rings. The third kappa shape index (κ3) is 10.8.